The van der Waals surface area contributed by atoms with E-state index < -0.39 is 16.6 Å². The van der Waals surface area contributed by atoms with Crippen molar-refractivity contribution in [3.05, 3.63) is 57.3 Å². The van der Waals surface area contributed by atoms with E-state index in [0.717, 1.165) is 23.4 Å². The average molecular weight is 288 g/mol. The number of benzene rings is 1. The van der Waals surface area contributed by atoms with Gasteiger partial charge in [-0.1, -0.05) is 12.1 Å². The molecule has 1 N–H and O–H groups in total. The second-order valence-electron chi connectivity index (χ2n) is 4.41. The highest BCUT2D eigenvalue weighted by atomic mass is 16.6. The Morgan fingerprint density at radius 1 is 1.38 bits per heavy atom. The van der Waals surface area contributed by atoms with E-state index in [1.165, 1.54) is 0 Å². The number of hydrogen-bond donors (Lipinski definition) is 1. The lowest BCUT2D eigenvalue weighted by molar-refractivity contribution is -0.385. The van der Waals surface area contributed by atoms with Gasteiger partial charge >= 0.3 is 5.97 Å². The number of aromatic nitrogens is 1. The summed E-state index contributed by atoms with van der Waals surface area (Å²) >= 11 is 0. The van der Waals surface area contributed by atoms with Crippen molar-refractivity contribution in [3.8, 4) is 11.6 Å². The van der Waals surface area contributed by atoms with E-state index in [1.807, 2.05) is 19.9 Å². The maximum absolute atomic E-state index is 11.2. The molecule has 0 bridgehead atoms. The predicted octanol–water partition coefficient (Wildman–Crippen LogP) is 3.10. The number of hydrogen-bond acceptors (Lipinski definition) is 5. The summed E-state index contributed by atoms with van der Waals surface area (Å²) in [4.78, 5) is 24.9. The van der Waals surface area contributed by atoms with Crippen LogP contribution >= 0.6 is 0 Å². The van der Waals surface area contributed by atoms with Crippen molar-refractivity contribution in [3.63, 3.8) is 0 Å². The first-order valence-corrected chi connectivity index (χ1v) is 6.02. The molecule has 0 atom stereocenters. The zero-order valence-electron chi connectivity index (χ0n) is 11.4. The zero-order chi connectivity index (χ0) is 15.6. The van der Waals surface area contributed by atoms with Crippen molar-refractivity contribution in [1.82, 2.24) is 4.98 Å². The molecule has 0 saturated heterocycles. The molecule has 0 spiro atoms. The molecule has 0 aliphatic heterocycles. The number of pyridine rings is 1. The molecule has 0 fully saturated rings. The molecule has 0 aliphatic carbocycles. The third kappa shape index (κ3) is 2.97. The van der Waals surface area contributed by atoms with Gasteiger partial charge < -0.3 is 9.84 Å². The second-order valence-corrected chi connectivity index (χ2v) is 4.41. The van der Waals surface area contributed by atoms with E-state index in [-0.39, 0.29) is 11.4 Å². The molecule has 7 nitrogen and oxygen atoms in total. The third-order valence-electron chi connectivity index (χ3n) is 3.04. The van der Waals surface area contributed by atoms with Crippen molar-refractivity contribution >= 4 is 11.7 Å². The Morgan fingerprint density at radius 3 is 2.71 bits per heavy atom. The zero-order valence-corrected chi connectivity index (χ0v) is 11.4. The van der Waals surface area contributed by atoms with Gasteiger partial charge in [0.05, 0.1) is 4.92 Å². The quantitative estimate of drug-likeness (QED) is 0.685. The van der Waals surface area contributed by atoms with E-state index in [0.29, 0.717) is 5.75 Å². The molecule has 0 radical (unpaired) electrons. The number of rotatable bonds is 4. The van der Waals surface area contributed by atoms with Gasteiger partial charge in [0.15, 0.2) is 0 Å². The van der Waals surface area contributed by atoms with Crippen LogP contribution < -0.4 is 4.74 Å². The summed E-state index contributed by atoms with van der Waals surface area (Å²) in [6.45, 7) is 3.72. The maximum Gasteiger partial charge on any atom is 0.341 e. The van der Waals surface area contributed by atoms with Crippen LogP contribution in [-0.4, -0.2) is 21.0 Å². The lowest BCUT2D eigenvalue weighted by Gasteiger charge is -2.11. The minimum absolute atomic E-state index is 0.179. The van der Waals surface area contributed by atoms with Crippen LogP contribution in [0, 0.1) is 24.0 Å². The van der Waals surface area contributed by atoms with Gasteiger partial charge in [-0.15, -0.1) is 0 Å². The molecule has 21 heavy (non-hydrogen) atoms. The number of ether oxygens (including phenoxy) is 1. The van der Waals surface area contributed by atoms with Crippen LogP contribution in [0.5, 0.6) is 11.6 Å². The molecule has 0 saturated carbocycles. The Hall–Kier alpha value is -2.96. The normalized spacial score (nSPS) is 10.2. The minimum Gasteiger partial charge on any atom is -0.477 e. The lowest BCUT2D eigenvalue weighted by atomic mass is 10.1. The predicted molar refractivity (Wildman–Crippen MR) is 73.8 cm³/mol. The highest BCUT2D eigenvalue weighted by molar-refractivity contribution is 5.91. The lowest BCUT2D eigenvalue weighted by Crippen LogP contribution is -2.04. The molecule has 1 heterocycles. The average Bonchev–Trinajstić information content (AvgIpc) is 2.43. The number of carboxylic acid groups (broad SMARTS) is 1. The molecule has 0 amide bonds. The summed E-state index contributed by atoms with van der Waals surface area (Å²) in [7, 11) is 0. The molecule has 108 valence electrons. The van der Waals surface area contributed by atoms with Crippen LogP contribution in [0.2, 0.25) is 0 Å². The summed E-state index contributed by atoms with van der Waals surface area (Å²) < 4.78 is 5.50. The highest BCUT2D eigenvalue weighted by Crippen LogP contribution is 2.29. The van der Waals surface area contributed by atoms with E-state index in [2.05, 4.69) is 4.98 Å². The second kappa shape index (κ2) is 5.58. The smallest absolute Gasteiger partial charge is 0.341 e. The fourth-order valence-electron chi connectivity index (χ4n) is 1.71. The van der Waals surface area contributed by atoms with Crippen molar-refractivity contribution in [2.24, 2.45) is 0 Å². The number of nitro groups is 1. The van der Waals surface area contributed by atoms with Crippen LogP contribution in [0.4, 0.5) is 5.69 Å². The van der Waals surface area contributed by atoms with Gasteiger partial charge in [-0.05, 0) is 31.0 Å². The van der Waals surface area contributed by atoms with Crippen molar-refractivity contribution in [1.29, 1.82) is 0 Å². The number of aromatic carboxylic acids is 1. The van der Waals surface area contributed by atoms with Crippen molar-refractivity contribution in [2.75, 3.05) is 0 Å². The number of carbonyl (C=O) groups is 1. The summed E-state index contributed by atoms with van der Waals surface area (Å²) in [5.41, 5.74) is 1.06. The third-order valence-corrected chi connectivity index (χ3v) is 3.04. The Balaban J connectivity index is 2.46. The molecular weight excluding hydrogens is 276 g/mol. The van der Waals surface area contributed by atoms with E-state index in [9.17, 15) is 14.9 Å². The Bertz CT molecular complexity index is 727. The molecule has 7 heteroatoms. The largest absolute Gasteiger partial charge is 0.477 e. The monoisotopic (exact) mass is 288 g/mol. The summed E-state index contributed by atoms with van der Waals surface area (Å²) in [5, 5.41) is 19.8. The Kier molecular flexibility index (Phi) is 3.84. The molecular formula is C14H12N2O5. The fraction of sp³-hybridized carbons (Fsp3) is 0.143. The van der Waals surface area contributed by atoms with Crippen LogP contribution in [-0.2, 0) is 0 Å². The van der Waals surface area contributed by atoms with Gasteiger partial charge in [-0.25, -0.2) is 9.78 Å². The summed E-state index contributed by atoms with van der Waals surface area (Å²) in [6.07, 6.45) is 0.965. The van der Waals surface area contributed by atoms with Gasteiger partial charge in [-0.2, -0.15) is 0 Å². The molecule has 1 aromatic carbocycles. The van der Waals surface area contributed by atoms with Gasteiger partial charge in [0.1, 0.15) is 17.5 Å². The number of carboxylic acids is 1. The van der Waals surface area contributed by atoms with Crippen LogP contribution in [0.1, 0.15) is 21.5 Å². The van der Waals surface area contributed by atoms with Crippen LogP contribution in [0.3, 0.4) is 0 Å². The Morgan fingerprint density at radius 2 is 2.10 bits per heavy atom. The first kappa shape index (κ1) is 14.4. The van der Waals surface area contributed by atoms with Gasteiger partial charge in [0, 0.05) is 6.07 Å². The van der Waals surface area contributed by atoms with E-state index >= 15 is 0 Å². The summed E-state index contributed by atoms with van der Waals surface area (Å²) in [6, 6.07) is 6.26. The summed E-state index contributed by atoms with van der Waals surface area (Å²) in [5.74, 6) is -1.06. The molecule has 0 aliphatic rings. The molecule has 1 aromatic heterocycles. The van der Waals surface area contributed by atoms with Crippen molar-refractivity contribution in [2.45, 2.75) is 13.8 Å². The molecule has 0 unspecified atom stereocenters. The first-order valence-electron chi connectivity index (χ1n) is 6.02. The Labute approximate surface area is 120 Å². The minimum atomic E-state index is -1.34. The maximum atomic E-state index is 11.2. The fourth-order valence-corrected chi connectivity index (χ4v) is 1.71. The first-order chi connectivity index (χ1) is 9.90. The topological polar surface area (TPSA) is 103 Å². The van der Waals surface area contributed by atoms with Gasteiger partial charge in [0.25, 0.3) is 5.69 Å². The van der Waals surface area contributed by atoms with E-state index in [4.69, 9.17) is 9.84 Å². The standard InChI is InChI=1S/C14H12N2O5/c1-8-4-3-5-12(9(8)2)21-13-11(14(17)18)6-10(7-15-13)16(19)20/h3-7H,1-2H3,(H,17,18). The van der Waals surface area contributed by atoms with Crippen molar-refractivity contribution < 1.29 is 19.6 Å². The van der Waals surface area contributed by atoms with Gasteiger partial charge in [-0.3, -0.25) is 10.1 Å². The SMILES string of the molecule is Cc1cccc(Oc2ncc([N+](=O)[O-])cc2C(=O)O)c1C. The highest BCUT2D eigenvalue weighted by Gasteiger charge is 2.19. The number of aryl methyl sites for hydroxylation is 1. The van der Waals surface area contributed by atoms with Crippen LogP contribution in [0.15, 0.2) is 30.5 Å². The van der Waals surface area contributed by atoms with Gasteiger partial charge in [0.2, 0.25) is 5.88 Å². The number of nitrogens with zero attached hydrogens (tertiary/aromatic N) is 2. The molecule has 2 rings (SSSR count). The van der Waals surface area contributed by atoms with E-state index in [1.54, 1.807) is 12.1 Å². The van der Waals surface area contributed by atoms with Crippen LogP contribution in [0.25, 0.3) is 0 Å². The molecule has 2 aromatic rings.